The number of ether oxygens (including phenoxy) is 1. The Kier molecular flexibility index (Phi) is 5.80. The van der Waals surface area contributed by atoms with Crippen LogP contribution in [0.2, 0.25) is 0 Å². The standard InChI is InChI=1S/C15H23N3O2/c1-2-18(10-5-13-3-8-16-9-4-13)15(19)17-14-6-11-20-12-7-14/h3-4,8-9,14H,2,5-7,10-12H2,1H3,(H,17,19). The third kappa shape index (κ3) is 4.49. The van der Waals surface area contributed by atoms with E-state index in [0.717, 1.165) is 45.6 Å². The average Bonchev–Trinajstić information content (AvgIpc) is 2.50. The molecule has 1 aliphatic heterocycles. The van der Waals surface area contributed by atoms with Gasteiger partial charge in [-0.1, -0.05) is 0 Å². The summed E-state index contributed by atoms with van der Waals surface area (Å²) in [5.41, 5.74) is 1.21. The second-order valence-electron chi connectivity index (χ2n) is 5.02. The highest BCUT2D eigenvalue weighted by molar-refractivity contribution is 5.74. The molecule has 0 atom stereocenters. The van der Waals surface area contributed by atoms with Gasteiger partial charge in [-0.25, -0.2) is 4.79 Å². The molecule has 1 N–H and O–H groups in total. The zero-order valence-electron chi connectivity index (χ0n) is 12.0. The molecule has 5 nitrogen and oxygen atoms in total. The van der Waals surface area contributed by atoms with E-state index in [2.05, 4.69) is 10.3 Å². The van der Waals surface area contributed by atoms with Crippen LogP contribution in [0.15, 0.2) is 24.5 Å². The summed E-state index contributed by atoms with van der Waals surface area (Å²) in [7, 11) is 0. The quantitative estimate of drug-likeness (QED) is 0.893. The minimum Gasteiger partial charge on any atom is -0.381 e. The molecule has 1 aliphatic rings. The number of nitrogens with zero attached hydrogens (tertiary/aromatic N) is 2. The molecule has 0 unspecified atom stereocenters. The number of rotatable bonds is 5. The Bertz CT molecular complexity index is 405. The van der Waals surface area contributed by atoms with Crippen molar-refractivity contribution in [3.8, 4) is 0 Å². The molecule has 2 amide bonds. The molecule has 1 fully saturated rings. The number of carbonyl (C=O) groups is 1. The van der Waals surface area contributed by atoms with E-state index in [1.54, 1.807) is 12.4 Å². The molecule has 0 aromatic carbocycles. The van der Waals surface area contributed by atoms with E-state index in [4.69, 9.17) is 4.74 Å². The summed E-state index contributed by atoms with van der Waals surface area (Å²) in [6, 6.07) is 4.27. The molecule has 0 radical (unpaired) electrons. The topological polar surface area (TPSA) is 54.5 Å². The summed E-state index contributed by atoms with van der Waals surface area (Å²) in [5, 5.41) is 3.10. The Hall–Kier alpha value is -1.62. The number of amides is 2. The zero-order chi connectivity index (χ0) is 14.2. The van der Waals surface area contributed by atoms with Gasteiger partial charge in [-0.15, -0.1) is 0 Å². The molecule has 0 saturated carbocycles. The minimum atomic E-state index is 0.0356. The van der Waals surface area contributed by atoms with Crippen molar-refractivity contribution >= 4 is 6.03 Å². The second-order valence-corrected chi connectivity index (χ2v) is 5.02. The van der Waals surface area contributed by atoms with Crippen LogP contribution in [0.1, 0.15) is 25.3 Å². The maximum absolute atomic E-state index is 12.2. The van der Waals surface area contributed by atoms with Crippen LogP contribution in [0, 0.1) is 0 Å². The lowest BCUT2D eigenvalue weighted by molar-refractivity contribution is 0.0782. The van der Waals surface area contributed by atoms with Crippen LogP contribution in [0.3, 0.4) is 0 Å². The SMILES string of the molecule is CCN(CCc1ccncc1)C(=O)NC1CCOCC1. The first-order valence-electron chi connectivity index (χ1n) is 7.31. The second kappa shape index (κ2) is 7.85. The van der Waals surface area contributed by atoms with Crippen molar-refractivity contribution in [3.63, 3.8) is 0 Å². The fourth-order valence-corrected chi connectivity index (χ4v) is 2.32. The lowest BCUT2D eigenvalue weighted by Crippen LogP contribution is -2.47. The molecule has 1 aromatic heterocycles. The number of urea groups is 1. The van der Waals surface area contributed by atoms with Gasteiger partial charge in [0.2, 0.25) is 0 Å². The maximum Gasteiger partial charge on any atom is 0.317 e. The van der Waals surface area contributed by atoms with Gasteiger partial charge in [0, 0.05) is 44.7 Å². The molecular formula is C15H23N3O2. The van der Waals surface area contributed by atoms with Crippen LogP contribution in [-0.4, -0.2) is 48.3 Å². The van der Waals surface area contributed by atoms with Crippen LogP contribution in [0.5, 0.6) is 0 Å². The van der Waals surface area contributed by atoms with Crippen LogP contribution < -0.4 is 5.32 Å². The number of nitrogens with one attached hydrogen (secondary N) is 1. The van der Waals surface area contributed by atoms with E-state index >= 15 is 0 Å². The van der Waals surface area contributed by atoms with E-state index in [1.165, 1.54) is 5.56 Å². The number of aromatic nitrogens is 1. The Labute approximate surface area is 120 Å². The van der Waals surface area contributed by atoms with Crippen molar-refractivity contribution in [1.82, 2.24) is 15.2 Å². The molecule has 5 heteroatoms. The van der Waals surface area contributed by atoms with Crippen LogP contribution >= 0.6 is 0 Å². The van der Waals surface area contributed by atoms with Gasteiger partial charge in [0.1, 0.15) is 0 Å². The number of likely N-dealkylation sites (N-methyl/N-ethyl adjacent to an activating group) is 1. The van der Waals surface area contributed by atoms with Crippen molar-refractivity contribution in [3.05, 3.63) is 30.1 Å². The summed E-state index contributed by atoms with van der Waals surface area (Å²) in [5.74, 6) is 0. The highest BCUT2D eigenvalue weighted by atomic mass is 16.5. The Morgan fingerprint density at radius 2 is 2.10 bits per heavy atom. The van der Waals surface area contributed by atoms with E-state index in [9.17, 15) is 4.79 Å². The molecule has 0 bridgehead atoms. The van der Waals surface area contributed by atoms with Gasteiger partial charge >= 0.3 is 6.03 Å². The third-order valence-electron chi connectivity index (χ3n) is 3.64. The molecule has 0 spiro atoms. The number of hydrogen-bond acceptors (Lipinski definition) is 3. The number of carbonyl (C=O) groups excluding carboxylic acids is 1. The summed E-state index contributed by atoms with van der Waals surface area (Å²) in [6.45, 7) is 4.95. The molecule has 2 rings (SSSR count). The van der Waals surface area contributed by atoms with E-state index in [1.807, 2.05) is 24.0 Å². The van der Waals surface area contributed by atoms with Gasteiger partial charge < -0.3 is 15.0 Å². The van der Waals surface area contributed by atoms with E-state index in [-0.39, 0.29) is 12.1 Å². The normalized spacial score (nSPS) is 15.8. The first-order chi connectivity index (χ1) is 9.79. The van der Waals surface area contributed by atoms with Gasteiger partial charge in [-0.2, -0.15) is 0 Å². The van der Waals surface area contributed by atoms with Crippen molar-refractivity contribution in [2.75, 3.05) is 26.3 Å². The molecule has 2 heterocycles. The molecule has 1 aromatic rings. The maximum atomic E-state index is 12.2. The number of pyridine rings is 1. The van der Waals surface area contributed by atoms with Gasteiger partial charge in [0.15, 0.2) is 0 Å². The summed E-state index contributed by atoms with van der Waals surface area (Å²) >= 11 is 0. The van der Waals surface area contributed by atoms with Crippen LogP contribution in [0.25, 0.3) is 0 Å². The summed E-state index contributed by atoms with van der Waals surface area (Å²) < 4.78 is 5.30. The predicted molar refractivity (Wildman–Crippen MR) is 77.6 cm³/mol. The Morgan fingerprint density at radius 1 is 1.40 bits per heavy atom. The molecule has 20 heavy (non-hydrogen) atoms. The van der Waals surface area contributed by atoms with Crippen molar-refractivity contribution in [2.24, 2.45) is 0 Å². The monoisotopic (exact) mass is 277 g/mol. The van der Waals surface area contributed by atoms with Gasteiger partial charge in [-0.05, 0) is 43.9 Å². The molecule has 1 saturated heterocycles. The fourth-order valence-electron chi connectivity index (χ4n) is 2.32. The van der Waals surface area contributed by atoms with Crippen LogP contribution in [-0.2, 0) is 11.2 Å². The van der Waals surface area contributed by atoms with Crippen molar-refractivity contribution in [2.45, 2.75) is 32.2 Å². The summed E-state index contributed by atoms with van der Waals surface area (Å²) in [4.78, 5) is 18.1. The van der Waals surface area contributed by atoms with Gasteiger partial charge in [-0.3, -0.25) is 4.98 Å². The Balaban J connectivity index is 1.79. The van der Waals surface area contributed by atoms with Gasteiger partial charge in [0.25, 0.3) is 0 Å². The lowest BCUT2D eigenvalue weighted by atomic mass is 10.1. The average molecular weight is 277 g/mol. The first kappa shape index (κ1) is 14.8. The third-order valence-corrected chi connectivity index (χ3v) is 3.64. The fraction of sp³-hybridized carbons (Fsp3) is 0.600. The van der Waals surface area contributed by atoms with Gasteiger partial charge in [0.05, 0.1) is 0 Å². The Morgan fingerprint density at radius 3 is 2.75 bits per heavy atom. The largest absolute Gasteiger partial charge is 0.381 e. The zero-order valence-corrected chi connectivity index (χ0v) is 12.0. The molecule has 0 aliphatic carbocycles. The summed E-state index contributed by atoms with van der Waals surface area (Å²) in [6.07, 6.45) is 6.25. The highest BCUT2D eigenvalue weighted by Crippen LogP contribution is 2.07. The molecular weight excluding hydrogens is 254 g/mol. The smallest absolute Gasteiger partial charge is 0.317 e. The van der Waals surface area contributed by atoms with Crippen molar-refractivity contribution < 1.29 is 9.53 Å². The minimum absolute atomic E-state index is 0.0356. The number of hydrogen-bond donors (Lipinski definition) is 1. The van der Waals surface area contributed by atoms with E-state index < -0.39 is 0 Å². The van der Waals surface area contributed by atoms with Crippen LogP contribution in [0.4, 0.5) is 4.79 Å². The van der Waals surface area contributed by atoms with E-state index in [0.29, 0.717) is 0 Å². The van der Waals surface area contributed by atoms with Crippen molar-refractivity contribution in [1.29, 1.82) is 0 Å². The highest BCUT2D eigenvalue weighted by Gasteiger charge is 2.19. The first-order valence-corrected chi connectivity index (χ1v) is 7.31. The molecule has 110 valence electrons. The lowest BCUT2D eigenvalue weighted by Gasteiger charge is -2.27. The predicted octanol–water partition coefficient (Wildman–Crippen LogP) is 1.83.